The first-order valence-electron chi connectivity index (χ1n) is 7.42. The summed E-state index contributed by atoms with van der Waals surface area (Å²) < 4.78 is 91.0. The summed E-state index contributed by atoms with van der Waals surface area (Å²) in [5.74, 6) is -15.4. The molecular formula is C17H13F6NOS. The van der Waals surface area contributed by atoms with Crippen LogP contribution in [0.4, 0.5) is 26.3 Å². The molecule has 1 aliphatic rings. The fourth-order valence-corrected chi connectivity index (χ4v) is 3.93. The van der Waals surface area contributed by atoms with E-state index < -0.39 is 34.5 Å². The number of alkyl halides is 6. The smallest absolute Gasteiger partial charge is 0.380 e. The summed E-state index contributed by atoms with van der Waals surface area (Å²) in [5.41, 5.74) is -3.18. The van der Waals surface area contributed by atoms with Crippen molar-refractivity contribution in [1.82, 2.24) is 4.98 Å². The number of allylic oxidation sites excluding steroid dienone is 2. The molecule has 0 amide bonds. The van der Waals surface area contributed by atoms with E-state index in [0.29, 0.717) is 16.3 Å². The Morgan fingerprint density at radius 3 is 1.88 bits per heavy atom. The van der Waals surface area contributed by atoms with E-state index in [-0.39, 0.29) is 16.3 Å². The number of nitrogens with zero attached hydrogens (tertiary/aromatic N) is 1. The van der Waals surface area contributed by atoms with Crippen molar-refractivity contribution in [1.29, 1.82) is 0 Å². The fraction of sp³-hybridized carbons (Fsp3) is 0.353. The molecule has 2 aromatic rings. The molecule has 3 rings (SSSR count). The third-order valence-electron chi connectivity index (χ3n) is 4.18. The minimum Gasteiger partial charge on any atom is -0.497 e. The molecule has 0 aliphatic heterocycles. The lowest BCUT2D eigenvalue weighted by Gasteiger charge is -2.25. The topological polar surface area (TPSA) is 22.1 Å². The van der Waals surface area contributed by atoms with Crippen LogP contribution in [0.25, 0.3) is 11.1 Å². The average molecular weight is 393 g/mol. The van der Waals surface area contributed by atoms with Crippen LogP contribution in [0.5, 0.6) is 5.75 Å². The van der Waals surface area contributed by atoms with Crippen LogP contribution in [0, 0.1) is 13.8 Å². The number of hydrogen-bond acceptors (Lipinski definition) is 3. The molecule has 0 fully saturated rings. The van der Waals surface area contributed by atoms with Gasteiger partial charge in [-0.1, -0.05) is 12.1 Å². The summed E-state index contributed by atoms with van der Waals surface area (Å²) in [7, 11) is 1.33. The van der Waals surface area contributed by atoms with Gasteiger partial charge in [0.15, 0.2) is 0 Å². The normalized spacial score (nSPS) is 20.5. The Hall–Kier alpha value is -2.03. The van der Waals surface area contributed by atoms with E-state index in [1.807, 2.05) is 0 Å². The lowest BCUT2D eigenvalue weighted by Crippen LogP contribution is -2.48. The Bertz CT molecular complexity index is 885. The number of methoxy groups -OCH3 is 1. The zero-order chi connectivity index (χ0) is 19.5. The van der Waals surface area contributed by atoms with Crippen LogP contribution >= 0.6 is 11.3 Å². The molecule has 0 N–H and O–H groups in total. The second kappa shape index (κ2) is 5.73. The number of ether oxygens (including phenoxy) is 1. The van der Waals surface area contributed by atoms with Crippen LogP contribution in [0.2, 0.25) is 0 Å². The third-order valence-corrected chi connectivity index (χ3v) is 5.27. The lowest BCUT2D eigenvalue weighted by molar-refractivity contribution is -0.254. The van der Waals surface area contributed by atoms with Crippen molar-refractivity contribution in [3.63, 3.8) is 0 Å². The monoisotopic (exact) mass is 393 g/mol. The molecule has 140 valence electrons. The summed E-state index contributed by atoms with van der Waals surface area (Å²) in [6.45, 7) is 2.81. The van der Waals surface area contributed by atoms with Crippen molar-refractivity contribution in [3.05, 3.63) is 45.4 Å². The van der Waals surface area contributed by atoms with Gasteiger partial charge in [0.2, 0.25) is 0 Å². The second-order valence-corrected chi connectivity index (χ2v) is 7.05. The van der Waals surface area contributed by atoms with Crippen molar-refractivity contribution in [2.45, 2.75) is 31.6 Å². The van der Waals surface area contributed by atoms with Crippen LogP contribution in [-0.2, 0) is 0 Å². The number of thiazole rings is 1. The third kappa shape index (κ3) is 2.36. The molecule has 0 unspecified atom stereocenters. The molecule has 1 heterocycles. The highest BCUT2D eigenvalue weighted by Crippen LogP contribution is 2.65. The number of benzene rings is 1. The second-order valence-electron chi connectivity index (χ2n) is 5.85. The van der Waals surface area contributed by atoms with Gasteiger partial charge in [-0.15, -0.1) is 11.3 Å². The number of rotatable bonds is 3. The van der Waals surface area contributed by atoms with Crippen molar-refractivity contribution in [2.24, 2.45) is 0 Å². The Labute approximate surface area is 149 Å². The molecule has 9 heteroatoms. The first kappa shape index (κ1) is 18.8. The molecule has 0 atom stereocenters. The zero-order valence-electron chi connectivity index (χ0n) is 13.8. The van der Waals surface area contributed by atoms with Crippen LogP contribution in [0.3, 0.4) is 0 Å². The summed E-state index contributed by atoms with van der Waals surface area (Å²) in [5, 5.41) is 0.313. The van der Waals surface area contributed by atoms with Gasteiger partial charge in [-0.3, -0.25) is 0 Å². The minimum atomic E-state index is -5.56. The standard InChI is InChI=1S/C17H13F6NOS/c1-8-14(26-9(2)24-8)13-12(10-4-6-11(25-3)7-5-10)15(18,19)17(22,23)16(13,20)21/h4-7H,1-3H3. The van der Waals surface area contributed by atoms with E-state index in [2.05, 4.69) is 4.98 Å². The summed E-state index contributed by atoms with van der Waals surface area (Å²) in [4.78, 5) is 3.55. The highest BCUT2D eigenvalue weighted by molar-refractivity contribution is 7.13. The molecule has 0 spiro atoms. The van der Waals surface area contributed by atoms with Gasteiger partial charge < -0.3 is 4.74 Å². The molecule has 1 aromatic heterocycles. The fourth-order valence-electron chi connectivity index (χ4n) is 2.93. The van der Waals surface area contributed by atoms with E-state index in [1.54, 1.807) is 0 Å². The van der Waals surface area contributed by atoms with Crippen LogP contribution < -0.4 is 4.74 Å². The van der Waals surface area contributed by atoms with Crippen molar-refractivity contribution >= 4 is 22.5 Å². The minimum absolute atomic E-state index is 0.00156. The molecule has 0 radical (unpaired) electrons. The predicted octanol–water partition coefficient (Wildman–Crippen LogP) is 5.60. The van der Waals surface area contributed by atoms with Crippen molar-refractivity contribution in [2.75, 3.05) is 7.11 Å². The first-order chi connectivity index (χ1) is 11.9. The van der Waals surface area contributed by atoms with Gasteiger partial charge in [-0.05, 0) is 31.5 Å². The van der Waals surface area contributed by atoms with E-state index in [1.165, 1.54) is 33.1 Å². The van der Waals surface area contributed by atoms with Gasteiger partial charge in [-0.2, -0.15) is 26.3 Å². The van der Waals surface area contributed by atoms with Crippen molar-refractivity contribution in [3.8, 4) is 5.75 Å². The molecule has 0 bridgehead atoms. The van der Waals surface area contributed by atoms with E-state index in [0.717, 1.165) is 12.1 Å². The number of hydrogen-bond donors (Lipinski definition) is 0. The Morgan fingerprint density at radius 2 is 1.42 bits per heavy atom. The maximum Gasteiger partial charge on any atom is 0.380 e. The molecule has 0 saturated heterocycles. The lowest BCUT2D eigenvalue weighted by atomic mass is 9.98. The Kier molecular flexibility index (Phi) is 4.14. The largest absolute Gasteiger partial charge is 0.497 e. The van der Waals surface area contributed by atoms with Crippen molar-refractivity contribution < 1.29 is 31.1 Å². The molecule has 0 saturated carbocycles. The Balaban J connectivity index is 2.37. The maximum atomic E-state index is 14.5. The average Bonchev–Trinajstić information content (AvgIpc) is 2.93. The molecule has 26 heavy (non-hydrogen) atoms. The number of aryl methyl sites for hydroxylation is 2. The van der Waals surface area contributed by atoms with Gasteiger partial charge >= 0.3 is 17.8 Å². The molecule has 1 aliphatic carbocycles. The van der Waals surface area contributed by atoms with Gasteiger partial charge in [0.1, 0.15) is 5.75 Å². The predicted molar refractivity (Wildman–Crippen MR) is 86.2 cm³/mol. The van der Waals surface area contributed by atoms with Crippen LogP contribution in [-0.4, -0.2) is 29.9 Å². The SMILES string of the molecule is COc1ccc(C2=C(c3sc(C)nc3C)C(F)(F)C(F)(F)C2(F)F)cc1. The van der Waals surface area contributed by atoms with Gasteiger partial charge in [0, 0.05) is 5.57 Å². The van der Waals surface area contributed by atoms with Crippen LogP contribution in [0.1, 0.15) is 21.1 Å². The molecule has 2 nitrogen and oxygen atoms in total. The zero-order valence-corrected chi connectivity index (χ0v) is 14.7. The maximum absolute atomic E-state index is 14.5. The van der Waals surface area contributed by atoms with Crippen LogP contribution in [0.15, 0.2) is 24.3 Å². The van der Waals surface area contributed by atoms with E-state index >= 15 is 0 Å². The van der Waals surface area contributed by atoms with E-state index in [9.17, 15) is 26.3 Å². The number of halogens is 6. The summed E-state index contributed by atoms with van der Waals surface area (Å²) >= 11 is 0.681. The molecule has 1 aromatic carbocycles. The molecular weight excluding hydrogens is 380 g/mol. The summed E-state index contributed by atoms with van der Waals surface area (Å²) in [6.07, 6.45) is 0. The first-order valence-corrected chi connectivity index (χ1v) is 8.24. The van der Waals surface area contributed by atoms with Gasteiger partial charge in [-0.25, -0.2) is 4.98 Å². The quantitative estimate of drug-likeness (QED) is 0.634. The number of aromatic nitrogens is 1. The summed E-state index contributed by atoms with van der Waals surface area (Å²) in [6, 6.07) is 4.61. The van der Waals surface area contributed by atoms with E-state index in [4.69, 9.17) is 4.74 Å². The highest BCUT2D eigenvalue weighted by atomic mass is 32.1. The highest BCUT2D eigenvalue weighted by Gasteiger charge is 2.80. The Morgan fingerprint density at radius 1 is 0.885 bits per heavy atom. The van der Waals surface area contributed by atoms with Gasteiger partial charge in [0.05, 0.1) is 28.3 Å². The van der Waals surface area contributed by atoms with Gasteiger partial charge in [0.25, 0.3) is 0 Å².